The average Bonchev–Trinajstić information content (AvgIpc) is 2.80. The summed E-state index contributed by atoms with van der Waals surface area (Å²) in [5.41, 5.74) is 2.54. The number of aromatic carboxylic acids is 1. The van der Waals surface area contributed by atoms with E-state index in [1.807, 2.05) is 19.9 Å². The molecule has 0 unspecified atom stereocenters. The lowest BCUT2D eigenvalue weighted by molar-refractivity contribution is 0.0699. The number of hydrogen-bond acceptors (Lipinski definition) is 5. The quantitative estimate of drug-likeness (QED) is 0.766. The summed E-state index contributed by atoms with van der Waals surface area (Å²) in [7, 11) is 0. The first-order chi connectivity index (χ1) is 10.0. The fraction of sp³-hybridized carbons (Fsp3) is 0.143. The molecule has 0 radical (unpaired) electrons. The van der Waals surface area contributed by atoms with Crippen molar-refractivity contribution in [2.75, 3.05) is 0 Å². The Balaban J connectivity index is 2.00. The average molecular weight is 284 g/mol. The van der Waals surface area contributed by atoms with Crippen molar-refractivity contribution in [3.05, 3.63) is 41.3 Å². The SMILES string of the molecule is Cc1cc(C)nc(Oc2cnc3[nH]cc(C(=O)O)c3n2)c1. The summed E-state index contributed by atoms with van der Waals surface area (Å²) in [5, 5.41) is 9.08. The van der Waals surface area contributed by atoms with Crippen LogP contribution in [-0.2, 0) is 0 Å². The molecule has 3 heterocycles. The van der Waals surface area contributed by atoms with E-state index in [-0.39, 0.29) is 17.0 Å². The molecule has 0 atom stereocenters. The van der Waals surface area contributed by atoms with Crippen LogP contribution in [0.3, 0.4) is 0 Å². The number of aromatic nitrogens is 4. The number of nitrogens with zero attached hydrogens (tertiary/aromatic N) is 3. The van der Waals surface area contributed by atoms with E-state index in [4.69, 9.17) is 9.84 Å². The Morgan fingerprint density at radius 3 is 2.76 bits per heavy atom. The third kappa shape index (κ3) is 2.53. The maximum absolute atomic E-state index is 11.1. The van der Waals surface area contributed by atoms with Crippen molar-refractivity contribution in [1.82, 2.24) is 19.9 Å². The number of H-pyrrole nitrogens is 1. The van der Waals surface area contributed by atoms with Gasteiger partial charge in [-0.1, -0.05) is 0 Å². The lowest BCUT2D eigenvalue weighted by Crippen LogP contribution is -1.98. The molecular weight excluding hydrogens is 272 g/mol. The fourth-order valence-electron chi connectivity index (χ4n) is 2.05. The third-order valence-electron chi connectivity index (χ3n) is 2.87. The van der Waals surface area contributed by atoms with E-state index in [0.29, 0.717) is 11.5 Å². The molecule has 7 heteroatoms. The van der Waals surface area contributed by atoms with Crippen LogP contribution in [0.2, 0.25) is 0 Å². The molecule has 0 aliphatic carbocycles. The Bertz CT molecular complexity index is 821. The largest absolute Gasteiger partial charge is 0.478 e. The van der Waals surface area contributed by atoms with Gasteiger partial charge in [0.2, 0.25) is 11.8 Å². The highest BCUT2D eigenvalue weighted by molar-refractivity contribution is 6.00. The Morgan fingerprint density at radius 2 is 2.05 bits per heavy atom. The van der Waals surface area contributed by atoms with Crippen LogP contribution in [0.1, 0.15) is 21.6 Å². The Labute approximate surface area is 119 Å². The molecule has 0 fully saturated rings. The molecule has 3 rings (SSSR count). The van der Waals surface area contributed by atoms with Gasteiger partial charge in [-0.25, -0.2) is 19.7 Å². The van der Waals surface area contributed by atoms with E-state index in [0.717, 1.165) is 11.3 Å². The summed E-state index contributed by atoms with van der Waals surface area (Å²) in [5.74, 6) is -0.479. The van der Waals surface area contributed by atoms with Crippen LogP contribution in [0.25, 0.3) is 11.2 Å². The molecule has 0 aliphatic rings. The molecular formula is C14H12N4O3. The van der Waals surface area contributed by atoms with Crippen molar-refractivity contribution in [1.29, 1.82) is 0 Å². The third-order valence-corrected chi connectivity index (χ3v) is 2.87. The van der Waals surface area contributed by atoms with E-state index < -0.39 is 5.97 Å². The van der Waals surface area contributed by atoms with E-state index in [2.05, 4.69) is 19.9 Å². The minimum Gasteiger partial charge on any atom is -0.478 e. The molecule has 0 aromatic carbocycles. The molecule has 0 saturated heterocycles. The van der Waals surface area contributed by atoms with Gasteiger partial charge in [-0.15, -0.1) is 0 Å². The highest BCUT2D eigenvalue weighted by atomic mass is 16.5. The van der Waals surface area contributed by atoms with Gasteiger partial charge in [-0.05, 0) is 25.5 Å². The van der Waals surface area contributed by atoms with Crippen molar-refractivity contribution in [3.63, 3.8) is 0 Å². The van der Waals surface area contributed by atoms with Gasteiger partial charge in [0.15, 0.2) is 5.65 Å². The van der Waals surface area contributed by atoms with Crippen molar-refractivity contribution in [2.45, 2.75) is 13.8 Å². The molecule has 0 spiro atoms. The van der Waals surface area contributed by atoms with E-state index in [1.165, 1.54) is 12.4 Å². The standard InChI is InChI=1S/C14H12N4O3/c1-7-3-8(2)17-10(4-7)21-11-6-16-13-12(18-11)9(5-15-13)14(19)20/h3-6H,1-2H3,(H,15,16)(H,19,20). The van der Waals surface area contributed by atoms with Crippen LogP contribution in [0.15, 0.2) is 24.5 Å². The smallest absolute Gasteiger partial charge is 0.339 e. The number of carboxylic acid groups (broad SMARTS) is 1. The van der Waals surface area contributed by atoms with Crippen molar-refractivity contribution in [2.24, 2.45) is 0 Å². The van der Waals surface area contributed by atoms with Crippen LogP contribution in [0.5, 0.6) is 11.8 Å². The number of hydrogen-bond donors (Lipinski definition) is 2. The second-order valence-corrected chi connectivity index (χ2v) is 4.64. The fourth-order valence-corrected chi connectivity index (χ4v) is 2.05. The number of aryl methyl sites for hydroxylation is 2. The first kappa shape index (κ1) is 13.0. The summed E-state index contributed by atoms with van der Waals surface area (Å²) in [6.07, 6.45) is 2.77. The van der Waals surface area contributed by atoms with Gasteiger partial charge >= 0.3 is 5.97 Å². The Kier molecular flexibility index (Phi) is 3.02. The zero-order chi connectivity index (χ0) is 15.0. The molecule has 0 saturated carbocycles. The Hall–Kier alpha value is -2.96. The molecule has 2 N–H and O–H groups in total. The number of carbonyl (C=O) groups is 1. The molecule has 106 valence electrons. The normalized spacial score (nSPS) is 10.8. The summed E-state index contributed by atoms with van der Waals surface area (Å²) in [6.45, 7) is 3.80. The number of fused-ring (bicyclic) bond motifs is 1. The minimum atomic E-state index is -1.07. The lowest BCUT2D eigenvalue weighted by atomic mass is 10.2. The highest BCUT2D eigenvalue weighted by Crippen LogP contribution is 2.22. The summed E-state index contributed by atoms with van der Waals surface area (Å²) in [6, 6.07) is 3.70. The van der Waals surface area contributed by atoms with Crippen molar-refractivity contribution < 1.29 is 14.6 Å². The maximum Gasteiger partial charge on any atom is 0.339 e. The maximum atomic E-state index is 11.1. The van der Waals surface area contributed by atoms with E-state index in [9.17, 15) is 4.79 Å². The van der Waals surface area contributed by atoms with Gasteiger partial charge in [-0.2, -0.15) is 0 Å². The molecule has 0 aliphatic heterocycles. The van der Waals surface area contributed by atoms with Crippen LogP contribution < -0.4 is 4.74 Å². The molecule has 0 bridgehead atoms. The van der Waals surface area contributed by atoms with Gasteiger partial charge < -0.3 is 14.8 Å². The summed E-state index contributed by atoms with van der Waals surface area (Å²) >= 11 is 0. The molecule has 3 aromatic rings. The van der Waals surface area contributed by atoms with Crippen LogP contribution in [0, 0.1) is 13.8 Å². The number of aromatic amines is 1. The Morgan fingerprint density at radius 1 is 1.24 bits per heavy atom. The topological polar surface area (TPSA) is 101 Å². The number of rotatable bonds is 3. The van der Waals surface area contributed by atoms with Crippen molar-refractivity contribution in [3.8, 4) is 11.8 Å². The molecule has 7 nitrogen and oxygen atoms in total. The predicted molar refractivity (Wildman–Crippen MR) is 74.6 cm³/mol. The van der Waals surface area contributed by atoms with Gasteiger partial charge in [-0.3, -0.25) is 0 Å². The van der Waals surface area contributed by atoms with Gasteiger partial charge in [0.05, 0.1) is 6.20 Å². The second kappa shape index (κ2) is 4.86. The number of ether oxygens (including phenoxy) is 1. The second-order valence-electron chi connectivity index (χ2n) is 4.64. The molecule has 3 aromatic heterocycles. The van der Waals surface area contributed by atoms with Crippen molar-refractivity contribution >= 4 is 17.1 Å². The highest BCUT2D eigenvalue weighted by Gasteiger charge is 2.14. The number of carboxylic acids is 1. The molecule has 21 heavy (non-hydrogen) atoms. The zero-order valence-corrected chi connectivity index (χ0v) is 11.4. The first-order valence-corrected chi connectivity index (χ1v) is 6.23. The number of nitrogens with one attached hydrogen (secondary N) is 1. The minimum absolute atomic E-state index is 0.0522. The van der Waals surface area contributed by atoms with Gasteiger partial charge in [0.25, 0.3) is 0 Å². The lowest BCUT2D eigenvalue weighted by Gasteiger charge is -2.05. The predicted octanol–water partition coefficient (Wildman–Crippen LogP) is 2.46. The van der Waals surface area contributed by atoms with Crippen LogP contribution >= 0.6 is 0 Å². The zero-order valence-electron chi connectivity index (χ0n) is 11.4. The first-order valence-electron chi connectivity index (χ1n) is 6.23. The monoisotopic (exact) mass is 284 g/mol. The summed E-state index contributed by atoms with van der Waals surface area (Å²) < 4.78 is 5.56. The van der Waals surface area contributed by atoms with E-state index in [1.54, 1.807) is 6.07 Å². The van der Waals surface area contributed by atoms with Gasteiger partial charge in [0.1, 0.15) is 11.1 Å². The molecule has 0 amide bonds. The van der Waals surface area contributed by atoms with Crippen LogP contribution in [-0.4, -0.2) is 31.0 Å². The van der Waals surface area contributed by atoms with E-state index >= 15 is 0 Å². The van der Waals surface area contributed by atoms with Gasteiger partial charge in [0, 0.05) is 18.0 Å². The number of pyridine rings is 1. The summed E-state index contributed by atoms with van der Waals surface area (Å²) in [4.78, 5) is 26.4. The van der Waals surface area contributed by atoms with Crippen LogP contribution in [0.4, 0.5) is 0 Å².